The molecule has 4 heteroatoms. The van der Waals surface area contributed by atoms with Gasteiger partial charge in [0, 0.05) is 29.9 Å². The molecule has 21 heavy (non-hydrogen) atoms. The lowest BCUT2D eigenvalue weighted by molar-refractivity contribution is 0.193. The number of rotatable bonds is 5. The number of likely N-dealkylation sites (N-methyl/N-ethyl adjacent to an activating group) is 1. The summed E-state index contributed by atoms with van der Waals surface area (Å²) in [6.45, 7) is 3.66. The van der Waals surface area contributed by atoms with Crippen LogP contribution in [0.4, 0.5) is 0 Å². The summed E-state index contributed by atoms with van der Waals surface area (Å²) in [4.78, 5) is 3.74. The van der Waals surface area contributed by atoms with Gasteiger partial charge in [0.15, 0.2) is 0 Å². The van der Waals surface area contributed by atoms with E-state index in [-0.39, 0.29) is 6.04 Å². The Labute approximate surface area is 130 Å². The molecule has 0 saturated carbocycles. The van der Waals surface area contributed by atoms with Crippen molar-refractivity contribution in [3.8, 4) is 5.75 Å². The molecule has 0 fully saturated rings. The van der Waals surface area contributed by atoms with Gasteiger partial charge in [-0.15, -0.1) is 11.3 Å². The third kappa shape index (κ3) is 2.84. The van der Waals surface area contributed by atoms with Crippen molar-refractivity contribution in [2.45, 2.75) is 25.4 Å². The van der Waals surface area contributed by atoms with E-state index in [9.17, 15) is 0 Å². The van der Waals surface area contributed by atoms with E-state index in [1.807, 2.05) is 0 Å². The molecule has 3 rings (SSSR count). The lowest BCUT2D eigenvalue weighted by atomic mass is 10.0. The Kier molecular flexibility index (Phi) is 4.29. The summed E-state index contributed by atoms with van der Waals surface area (Å²) in [6, 6.07) is 11.4. The molecule has 0 aliphatic carbocycles. The molecule has 2 heterocycles. The maximum absolute atomic E-state index is 6.07. The highest BCUT2D eigenvalue weighted by Crippen LogP contribution is 2.33. The van der Waals surface area contributed by atoms with E-state index in [0.717, 1.165) is 18.8 Å². The topological polar surface area (TPSA) is 38.5 Å². The Balaban J connectivity index is 1.84. The smallest absolute Gasteiger partial charge is 0.122 e. The molecule has 1 aromatic heterocycles. The quantitative estimate of drug-likeness (QED) is 0.920. The number of ether oxygens (including phenoxy) is 1. The molecule has 3 nitrogen and oxygen atoms in total. The number of benzene rings is 1. The van der Waals surface area contributed by atoms with Crippen molar-refractivity contribution in [1.29, 1.82) is 0 Å². The SMILES string of the molecule is CC(c1cccs1)N(C)C(CN)c1ccc2c(c1)CCO2. The van der Waals surface area contributed by atoms with Gasteiger partial charge in [0.1, 0.15) is 5.75 Å². The standard InChI is InChI=1S/C17H22N2OS/c1-12(17-4-3-9-21-17)19(2)15(11-18)13-5-6-16-14(10-13)7-8-20-16/h3-6,9-10,12,15H,7-8,11,18H2,1-2H3. The lowest BCUT2D eigenvalue weighted by Crippen LogP contribution is -2.32. The summed E-state index contributed by atoms with van der Waals surface area (Å²) < 4.78 is 5.59. The number of fused-ring (bicyclic) bond motifs is 1. The Morgan fingerprint density at radius 2 is 2.24 bits per heavy atom. The Morgan fingerprint density at radius 1 is 1.38 bits per heavy atom. The maximum Gasteiger partial charge on any atom is 0.122 e. The van der Waals surface area contributed by atoms with Gasteiger partial charge in [-0.25, -0.2) is 0 Å². The van der Waals surface area contributed by atoms with Crippen LogP contribution in [0.15, 0.2) is 35.7 Å². The minimum absolute atomic E-state index is 0.230. The summed E-state index contributed by atoms with van der Waals surface area (Å²) >= 11 is 1.80. The highest BCUT2D eigenvalue weighted by molar-refractivity contribution is 7.10. The largest absolute Gasteiger partial charge is 0.493 e. The fraction of sp³-hybridized carbons (Fsp3) is 0.412. The van der Waals surface area contributed by atoms with E-state index in [1.54, 1.807) is 11.3 Å². The number of thiophene rings is 1. The van der Waals surface area contributed by atoms with Crippen molar-refractivity contribution < 1.29 is 4.74 Å². The first kappa shape index (κ1) is 14.6. The highest BCUT2D eigenvalue weighted by atomic mass is 32.1. The monoisotopic (exact) mass is 302 g/mol. The van der Waals surface area contributed by atoms with Gasteiger partial charge in [0.2, 0.25) is 0 Å². The van der Waals surface area contributed by atoms with Crippen molar-refractivity contribution in [2.75, 3.05) is 20.2 Å². The van der Waals surface area contributed by atoms with Crippen molar-refractivity contribution in [3.63, 3.8) is 0 Å². The van der Waals surface area contributed by atoms with Crippen LogP contribution in [0.1, 0.15) is 35.0 Å². The van der Waals surface area contributed by atoms with Gasteiger partial charge in [-0.2, -0.15) is 0 Å². The highest BCUT2D eigenvalue weighted by Gasteiger charge is 2.23. The molecule has 0 amide bonds. The van der Waals surface area contributed by atoms with Crippen molar-refractivity contribution >= 4 is 11.3 Å². The minimum Gasteiger partial charge on any atom is -0.493 e. The van der Waals surface area contributed by atoms with Crippen molar-refractivity contribution in [1.82, 2.24) is 4.90 Å². The van der Waals surface area contributed by atoms with E-state index < -0.39 is 0 Å². The molecule has 2 aromatic rings. The third-order valence-electron chi connectivity index (χ3n) is 4.38. The summed E-state index contributed by atoms with van der Waals surface area (Å²) in [5.41, 5.74) is 8.67. The molecule has 1 aromatic carbocycles. The number of nitrogens with zero attached hydrogens (tertiary/aromatic N) is 1. The van der Waals surface area contributed by atoms with Crippen LogP contribution in [0.25, 0.3) is 0 Å². The zero-order valence-electron chi connectivity index (χ0n) is 12.6. The van der Waals surface area contributed by atoms with Crippen LogP contribution >= 0.6 is 11.3 Å². The first-order valence-corrected chi connectivity index (χ1v) is 8.29. The van der Waals surface area contributed by atoms with Crippen LogP contribution in [0.2, 0.25) is 0 Å². The molecular weight excluding hydrogens is 280 g/mol. The molecule has 1 aliphatic heterocycles. The van der Waals surface area contributed by atoms with E-state index in [2.05, 4.69) is 54.6 Å². The van der Waals surface area contributed by atoms with Gasteiger partial charge in [-0.1, -0.05) is 18.2 Å². The van der Waals surface area contributed by atoms with Gasteiger partial charge in [0.05, 0.1) is 6.61 Å². The maximum atomic E-state index is 6.07. The van der Waals surface area contributed by atoms with E-state index in [0.29, 0.717) is 12.6 Å². The summed E-state index contributed by atoms with van der Waals surface area (Å²) in [6.07, 6.45) is 1.00. The van der Waals surface area contributed by atoms with E-state index in [1.165, 1.54) is 16.0 Å². The van der Waals surface area contributed by atoms with Gasteiger partial charge < -0.3 is 10.5 Å². The summed E-state index contributed by atoms with van der Waals surface area (Å²) in [7, 11) is 2.16. The Hall–Kier alpha value is -1.36. The van der Waals surface area contributed by atoms with Crippen LogP contribution < -0.4 is 10.5 Å². The molecule has 0 radical (unpaired) electrons. The molecular formula is C17H22N2OS. The molecule has 2 atom stereocenters. The van der Waals surface area contributed by atoms with Crippen LogP contribution in [0, 0.1) is 0 Å². The number of hydrogen-bond acceptors (Lipinski definition) is 4. The van der Waals surface area contributed by atoms with Crippen molar-refractivity contribution in [3.05, 3.63) is 51.7 Å². The number of nitrogens with two attached hydrogens (primary N) is 1. The van der Waals surface area contributed by atoms with Crippen LogP contribution in [0.3, 0.4) is 0 Å². The first-order chi connectivity index (χ1) is 10.2. The average Bonchev–Trinajstić information content (AvgIpc) is 3.17. The first-order valence-electron chi connectivity index (χ1n) is 7.41. The predicted octanol–water partition coefficient (Wildman–Crippen LogP) is 3.38. The molecule has 0 saturated heterocycles. The minimum atomic E-state index is 0.230. The van der Waals surface area contributed by atoms with Crippen LogP contribution in [-0.2, 0) is 6.42 Å². The van der Waals surface area contributed by atoms with E-state index in [4.69, 9.17) is 10.5 Å². The zero-order chi connectivity index (χ0) is 14.8. The van der Waals surface area contributed by atoms with Gasteiger partial charge >= 0.3 is 0 Å². The van der Waals surface area contributed by atoms with Crippen LogP contribution in [-0.4, -0.2) is 25.1 Å². The fourth-order valence-corrected chi connectivity index (χ4v) is 3.79. The van der Waals surface area contributed by atoms with Gasteiger partial charge in [0.25, 0.3) is 0 Å². The lowest BCUT2D eigenvalue weighted by Gasteiger charge is -2.32. The van der Waals surface area contributed by atoms with Gasteiger partial charge in [-0.05, 0) is 42.6 Å². The number of hydrogen-bond donors (Lipinski definition) is 1. The third-order valence-corrected chi connectivity index (χ3v) is 5.42. The van der Waals surface area contributed by atoms with Crippen molar-refractivity contribution in [2.24, 2.45) is 5.73 Å². The Bertz CT molecular complexity index is 597. The summed E-state index contributed by atoms with van der Waals surface area (Å²) in [5, 5.41) is 2.13. The van der Waals surface area contributed by atoms with E-state index >= 15 is 0 Å². The molecule has 2 unspecified atom stereocenters. The second-order valence-corrected chi connectivity index (χ2v) is 6.55. The molecule has 1 aliphatic rings. The Morgan fingerprint density at radius 3 is 2.95 bits per heavy atom. The molecule has 112 valence electrons. The average molecular weight is 302 g/mol. The second kappa shape index (κ2) is 6.18. The van der Waals surface area contributed by atoms with Crippen LogP contribution in [0.5, 0.6) is 5.75 Å². The molecule has 0 bridgehead atoms. The second-order valence-electron chi connectivity index (χ2n) is 5.57. The summed E-state index contributed by atoms with van der Waals surface area (Å²) in [5.74, 6) is 1.03. The normalized spacial score (nSPS) is 16.6. The molecule has 0 spiro atoms. The zero-order valence-corrected chi connectivity index (χ0v) is 13.4. The fourth-order valence-electron chi connectivity index (χ4n) is 2.95. The molecule has 2 N–H and O–H groups in total. The van der Waals surface area contributed by atoms with Gasteiger partial charge in [-0.3, -0.25) is 4.90 Å². The predicted molar refractivity (Wildman–Crippen MR) is 87.9 cm³/mol.